The number of nitrogens with zero attached hydrogens (tertiary/aromatic N) is 1. The largest absolute Gasteiger partial charge is 0.293 e. The molecule has 0 aliphatic heterocycles. The van der Waals surface area contributed by atoms with Gasteiger partial charge >= 0.3 is 0 Å². The van der Waals surface area contributed by atoms with Gasteiger partial charge in [-0.15, -0.1) is 11.6 Å². The van der Waals surface area contributed by atoms with E-state index < -0.39 is 14.9 Å². The van der Waals surface area contributed by atoms with Crippen molar-refractivity contribution in [2.75, 3.05) is 16.4 Å². The molecule has 0 heterocycles. The van der Waals surface area contributed by atoms with Crippen molar-refractivity contribution in [2.45, 2.75) is 19.8 Å². The third-order valence-corrected chi connectivity index (χ3v) is 4.04. The summed E-state index contributed by atoms with van der Waals surface area (Å²) in [7, 11) is -3.59. The molecule has 106 valence electrons. The number of nitro benzene ring substituents is 1. The van der Waals surface area contributed by atoms with Gasteiger partial charge in [-0.25, -0.2) is 8.42 Å². The first-order chi connectivity index (χ1) is 8.85. The molecule has 0 fully saturated rings. The number of rotatable bonds is 7. The lowest BCUT2D eigenvalue weighted by atomic mass is 10.2. The lowest BCUT2D eigenvalue weighted by Crippen LogP contribution is -2.17. The van der Waals surface area contributed by atoms with Crippen LogP contribution in [0.25, 0.3) is 0 Å². The Bertz CT molecular complexity index is 560. The fraction of sp³-hybridized carbons (Fsp3) is 0.455. The zero-order chi connectivity index (χ0) is 14.5. The highest BCUT2D eigenvalue weighted by atomic mass is 35.5. The number of nitrogens with one attached hydrogen (secondary N) is 1. The van der Waals surface area contributed by atoms with Crippen molar-refractivity contribution in [3.05, 3.63) is 33.9 Å². The van der Waals surface area contributed by atoms with Crippen molar-refractivity contribution < 1.29 is 13.3 Å². The number of hydrogen-bond donors (Lipinski definition) is 1. The fourth-order valence-electron chi connectivity index (χ4n) is 1.48. The van der Waals surface area contributed by atoms with Crippen molar-refractivity contribution in [3.8, 4) is 0 Å². The smallest absolute Gasteiger partial charge is 0.277 e. The molecule has 0 amide bonds. The third kappa shape index (κ3) is 5.04. The molecule has 0 atom stereocenters. The second-order valence-electron chi connectivity index (χ2n) is 4.09. The quantitative estimate of drug-likeness (QED) is 0.363. The molecule has 1 N–H and O–H groups in total. The molecule has 1 aromatic carbocycles. The Morgan fingerprint density at radius 3 is 2.63 bits per heavy atom. The molecule has 0 unspecified atom stereocenters. The first kappa shape index (κ1) is 15.7. The van der Waals surface area contributed by atoms with Crippen molar-refractivity contribution in [1.82, 2.24) is 0 Å². The van der Waals surface area contributed by atoms with E-state index in [0.29, 0.717) is 24.3 Å². The van der Waals surface area contributed by atoms with Crippen LogP contribution in [0.4, 0.5) is 11.4 Å². The van der Waals surface area contributed by atoms with E-state index in [4.69, 9.17) is 11.6 Å². The number of alkyl halides is 1. The predicted octanol–water partition coefficient (Wildman–Crippen LogP) is 2.66. The van der Waals surface area contributed by atoms with Gasteiger partial charge in [-0.1, -0.05) is 6.07 Å². The maximum absolute atomic E-state index is 11.8. The first-order valence-electron chi connectivity index (χ1n) is 5.67. The average molecular weight is 307 g/mol. The van der Waals surface area contributed by atoms with E-state index in [0.717, 1.165) is 0 Å². The van der Waals surface area contributed by atoms with E-state index in [2.05, 4.69) is 4.72 Å². The highest BCUT2D eigenvalue weighted by molar-refractivity contribution is 7.92. The van der Waals surface area contributed by atoms with Crippen LogP contribution < -0.4 is 4.72 Å². The molecule has 0 radical (unpaired) electrons. The van der Waals surface area contributed by atoms with Gasteiger partial charge < -0.3 is 0 Å². The van der Waals surface area contributed by atoms with Crippen LogP contribution in [0.3, 0.4) is 0 Å². The summed E-state index contributed by atoms with van der Waals surface area (Å²) in [5, 5.41) is 10.9. The van der Waals surface area contributed by atoms with Gasteiger partial charge in [0.15, 0.2) is 0 Å². The van der Waals surface area contributed by atoms with E-state index in [-0.39, 0.29) is 17.1 Å². The van der Waals surface area contributed by atoms with Gasteiger partial charge in [0.1, 0.15) is 5.69 Å². The van der Waals surface area contributed by atoms with Crippen LogP contribution in [0.2, 0.25) is 0 Å². The minimum atomic E-state index is -3.59. The average Bonchev–Trinajstić information content (AvgIpc) is 2.31. The number of unbranched alkanes of at least 4 members (excludes halogenated alkanes) is 1. The Morgan fingerprint density at radius 2 is 2.05 bits per heavy atom. The Hall–Kier alpha value is -1.34. The van der Waals surface area contributed by atoms with Crippen molar-refractivity contribution in [3.63, 3.8) is 0 Å². The molecule has 8 heteroatoms. The summed E-state index contributed by atoms with van der Waals surface area (Å²) in [4.78, 5) is 10.3. The van der Waals surface area contributed by atoms with E-state index in [9.17, 15) is 18.5 Å². The van der Waals surface area contributed by atoms with Gasteiger partial charge in [-0.05, 0) is 31.4 Å². The van der Waals surface area contributed by atoms with Gasteiger partial charge in [0.25, 0.3) is 5.69 Å². The summed E-state index contributed by atoms with van der Waals surface area (Å²) in [6.07, 6.45) is 0.997. The highest BCUT2D eigenvalue weighted by Gasteiger charge is 2.18. The Kier molecular flexibility index (Phi) is 5.56. The Balaban J connectivity index is 2.90. The summed E-state index contributed by atoms with van der Waals surface area (Å²) in [6.45, 7) is 1.70. The third-order valence-electron chi connectivity index (χ3n) is 2.41. The van der Waals surface area contributed by atoms with Gasteiger partial charge in [0.05, 0.1) is 10.7 Å². The summed E-state index contributed by atoms with van der Waals surface area (Å²) >= 11 is 5.47. The molecule has 0 aliphatic carbocycles. The number of sulfonamides is 1. The van der Waals surface area contributed by atoms with Gasteiger partial charge in [-0.2, -0.15) is 0 Å². The van der Waals surface area contributed by atoms with Crippen molar-refractivity contribution in [2.24, 2.45) is 0 Å². The topological polar surface area (TPSA) is 89.3 Å². The SMILES string of the molecule is Cc1ccc(NS(=O)(=O)CCCCCl)c([N+](=O)[O-])c1. The maximum Gasteiger partial charge on any atom is 0.293 e. The van der Waals surface area contributed by atoms with Crippen LogP contribution in [-0.4, -0.2) is 25.0 Å². The second-order valence-corrected chi connectivity index (χ2v) is 6.31. The zero-order valence-electron chi connectivity index (χ0n) is 10.4. The molecular formula is C11H15ClN2O4S. The van der Waals surface area contributed by atoms with E-state index >= 15 is 0 Å². The standard InChI is InChI=1S/C11H15ClN2O4S/c1-9-4-5-10(11(8-9)14(15)16)13-19(17,18)7-3-2-6-12/h4-5,8,13H,2-3,6-7H2,1H3. The summed E-state index contributed by atoms with van der Waals surface area (Å²) in [5.74, 6) is 0.283. The lowest BCUT2D eigenvalue weighted by molar-refractivity contribution is -0.383. The molecule has 0 spiro atoms. The normalized spacial score (nSPS) is 11.3. The Labute approximate surface area is 117 Å². The molecule has 0 aromatic heterocycles. The fourth-order valence-corrected chi connectivity index (χ4v) is 2.87. The molecule has 6 nitrogen and oxygen atoms in total. The molecule has 0 saturated carbocycles. The molecule has 0 saturated heterocycles. The van der Waals surface area contributed by atoms with E-state index in [1.54, 1.807) is 13.0 Å². The lowest BCUT2D eigenvalue weighted by Gasteiger charge is -2.08. The maximum atomic E-state index is 11.8. The molecule has 1 aromatic rings. The van der Waals surface area contributed by atoms with Crippen LogP contribution in [0.5, 0.6) is 0 Å². The second kappa shape index (κ2) is 6.72. The van der Waals surface area contributed by atoms with Gasteiger partial charge in [-0.3, -0.25) is 14.8 Å². The predicted molar refractivity (Wildman–Crippen MR) is 75.2 cm³/mol. The van der Waals surface area contributed by atoms with Crippen LogP contribution in [0, 0.1) is 17.0 Å². The summed E-state index contributed by atoms with van der Waals surface area (Å²) in [5.41, 5.74) is 0.430. The van der Waals surface area contributed by atoms with Crippen LogP contribution in [0.15, 0.2) is 18.2 Å². The summed E-state index contributed by atoms with van der Waals surface area (Å²) in [6, 6.07) is 4.34. The van der Waals surface area contributed by atoms with Crippen molar-refractivity contribution in [1.29, 1.82) is 0 Å². The molecular weight excluding hydrogens is 292 g/mol. The van der Waals surface area contributed by atoms with Crippen LogP contribution in [-0.2, 0) is 10.0 Å². The number of anilines is 1. The first-order valence-corrected chi connectivity index (χ1v) is 7.86. The number of benzene rings is 1. The van der Waals surface area contributed by atoms with E-state index in [1.807, 2.05) is 0 Å². The zero-order valence-corrected chi connectivity index (χ0v) is 12.0. The number of aryl methyl sites for hydroxylation is 1. The van der Waals surface area contributed by atoms with Gasteiger partial charge in [0.2, 0.25) is 10.0 Å². The van der Waals surface area contributed by atoms with Gasteiger partial charge in [0, 0.05) is 11.9 Å². The van der Waals surface area contributed by atoms with Crippen LogP contribution in [0.1, 0.15) is 18.4 Å². The van der Waals surface area contributed by atoms with Crippen LogP contribution >= 0.6 is 11.6 Å². The molecule has 0 aliphatic rings. The minimum absolute atomic E-state index is 0.0125. The number of nitro groups is 1. The molecule has 19 heavy (non-hydrogen) atoms. The Morgan fingerprint density at radius 1 is 1.37 bits per heavy atom. The summed E-state index contributed by atoms with van der Waals surface area (Å²) < 4.78 is 25.8. The molecule has 0 bridgehead atoms. The number of halogens is 1. The minimum Gasteiger partial charge on any atom is -0.277 e. The highest BCUT2D eigenvalue weighted by Crippen LogP contribution is 2.26. The van der Waals surface area contributed by atoms with E-state index in [1.165, 1.54) is 12.1 Å². The number of hydrogen-bond acceptors (Lipinski definition) is 4. The monoisotopic (exact) mass is 306 g/mol. The molecule has 1 rings (SSSR count). The van der Waals surface area contributed by atoms with Crippen molar-refractivity contribution >= 4 is 33.0 Å².